The van der Waals surface area contributed by atoms with Gasteiger partial charge in [-0.25, -0.2) is 0 Å². The van der Waals surface area contributed by atoms with Crippen LogP contribution in [-0.4, -0.2) is 23.5 Å². The Kier molecular flexibility index (Phi) is 5.94. The minimum Gasteiger partial charge on any atom is -0.481 e. The minimum atomic E-state index is -0.856. The maximum atomic E-state index is 12.4. The molecule has 0 saturated carbocycles. The third-order valence-electron chi connectivity index (χ3n) is 3.84. The summed E-state index contributed by atoms with van der Waals surface area (Å²) in [6.45, 7) is 7.82. The fraction of sp³-hybridized carbons (Fsp3) is 0.529. The number of amides is 1. The molecule has 0 bridgehead atoms. The van der Waals surface area contributed by atoms with Crippen LogP contribution in [0.4, 0.5) is 0 Å². The first-order chi connectivity index (χ1) is 9.78. The van der Waals surface area contributed by atoms with Crippen molar-refractivity contribution in [1.29, 1.82) is 0 Å². The molecule has 1 aromatic rings. The summed E-state index contributed by atoms with van der Waals surface area (Å²) in [6.07, 6.45) is 1.36. The first-order valence-electron chi connectivity index (χ1n) is 7.37. The molecule has 0 saturated heterocycles. The molecule has 0 heterocycles. The van der Waals surface area contributed by atoms with Crippen molar-refractivity contribution in [3.8, 4) is 0 Å². The van der Waals surface area contributed by atoms with Gasteiger partial charge in [0.1, 0.15) is 0 Å². The number of hydrogen-bond acceptors (Lipinski definition) is 2. The molecule has 0 radical (unpaired) electrons. The molecule has 116 valence electrons. The van der Waals surface area contributed by atoms with Gasteiger partial charge >= 0.3 is 5.97 Å². The molecule has 0 spiro atoms. The van der Waals surface area contributed by atoms with Gasteiger partial charge in [0.25, 0.3) is 0 Å². The number of carboxylic acids is 1. The lowest BCUT2D eigenvalue weighted by Crippen LogP contribution is -2.43. The highest BCUT2D eigenvalue weighted by atomic mass is 16.4. The van der Waals surface area contributed by atoms with Crippen molar-refractivity contribution in [1.82, 2.24) is 5.32 Å². The molecular weight excluding hydrogens is 266 g/mol. The van der Waals surface area contributed by atoms with Gasteiger partial charge in [-0.1, -0.05) is 43.2 Å². The van der Waals surface area contributed by atoms with Crippen molar-refractivity contribution in [2.24, 2.45) is 5.92 Å². The number of carbonyl (C=O) groups excluding carboxylic acids is 1. The van der Waals surface area contributed by atoms with Gasteiger partial charge < -0.3 is 10.4 Å². The summed E-state index contributed by atoms with van der Waals surface area (Å²) in [4.78, 5) is 23.5. The second-order valence-electron chi connectivity index (χ2n) is 6.02. The van der Waals surface area contributed by atoms with E-state index in [1.807, 2.05) is 52.0 Å². The van der Waals surface area contributed by atoms with Gasteiger partial charge in [-0.15, -0.1) is 0 Å². The van der Waals surface area contributed by atoms with Crippen molar-refractivity contribution in [2.75, 3.05) is 6.54 Å². The van der Waals surface area contributed by atoms with Gasteiger partial charge in [0.2, 0.25) is 5.91 Å². The fourth-order valence-electron chi connectivity index (χ4n) is 2.20. The number of carboxylic acid groups (broad SMARTS) is 1. The zero-order chi connectivity index (χ0) is 16.0. The van der Waals surface area contributed by atoms with E-state index in [-0.39, 0.29) is 12.5 Å². The van der Waals surface area contributed by atoms with Crippen LogP contribution in [0.2, 0.25) is 0 Å². The van der Waals surface area contributed by atoms with E-state index in [9.17, 15) is 9.59 Å². The molecule has 0 aliphatic heterocycles. The average Bonchev–Trinajstić information content (AvgIpc) is 2.43. The largest absolute Gasteiger partial charge is 0.481 e. The summed E-state index contributed by atoms with van der Waals surface area (Å²) >= 11 is 0. The molecule has 0 aliphatic rings. The molecule has 0 aromatic heterocycles. The summed E-state index contributed by atoms with van der Waals surface area (Å²) in [6, 6.07) is 7.83. The minimum absolute atomic E-state index is 0.145. The number of carbonyl (C=O) groups is 2. The summed E-state index contributed by atoms with van der Waals surface area (Å²) in [5, 5.41) is 11.9. The van der Waals surface area contributed by atoms with Crippen LogP contribution >= 0.6 is 0 Å². The summed E-state index contributed by atoms with van der Waals surface area (Å²) in [5.41, 5.74) is 1.39. The van der Waals surface area contributed by atoms with Crippen LogP contribution in [0.15, 0.2) is 24.3 Å². The van der Waals surface area contributed by atoms with E-state index in [0.717, 1.165) is 17.5 Å². The number of hydrogen-bond donors (Lipinski definition) is 2. The van der Waals surface area contributed by atoms with Gasteiger partial charge in [0.05, 0.1) is 11.3 Å². The van der Waals surface area contributed by atoms with Crippen LogP contribution in [0.1, 0.15) is 44.7 Å². The Morgan fingerprint density at radius 3 is 2.29 bits per heavy atom. The lowest BCUT2D eigenvalue weighted by molar-refractivity contribution is -0.142. The van der Waals surface area contributed by atoms with Crippen LogP contribution in [-0.2, 0) is 15.0 Å². The van der Waals surface area contributed by atoms with Crippen molar-refractivity contribution in [2.45, 2.75) is 46.0 Å². The van der Waals surface area contributed by atoms with Gasteiger partial charge in [-0.3, -0.25) is 9.59 Å². The molecule has 2 N–H and O–H groups in total. The zero-order valence-corrected chi connectivity index (χ0v) is 13.3. The zero-order valence-electron chi connectivity index (χ0n) is 13.3. The van der Waals surface area contributed by atoms with E-state index in [1.54, 1.807) is 0 Å². The molecule has 0 aliphatic carbocycles. The Labute approximate surface area is 126 Å². The lowest BCUT2D eigenvalue weighted by atomic mass is 9.83. The third kappa shape index (κ3) is 4.59. The number of nitrogens with one attached hydrogen (secondary N) is 1. The van der Waals surface area contributed by atoms with E-state index in [4.69, 9.17) is 5.11 Å². The molecule has 1 unspecified atom stereocenters. The molecular formula is C17H25NO3. The van der Waals surface area contributed by atoms with Gasteiger partial charge in [0, 0.05) is 6.54 Å². The highest BCUT2D eigenvalue weighted by molar-refractivity contribution is 5.87. The highest BCUT2D eigenvalue weighted by Gasteiger charge is 2.30. The molecule has 1 rings (SSSR count). The van der Waals surface area contributed by atoms with E-state index >= 15 is 0 Å². The van der Waals surface area contributed by atoms with Crippen LogP contribution < -0.4 is 5.32 Å². The summed E-state index contributed by atoms with van der Waals surface area (Å²) in [5.74, 6) is -1.52. The second kappa shape index (κ2) is 7.25. The number of benzene rings is 1. The first kappa shape index (κ1) is 17.2. The van der Waals surface area contributed by atoms with Crippen molar-refractivity contribution < 1.29 is 14.7 Å². The molecule has 21 heavy (non-hydrogen) atoms. The van der Waals surface area contributed by atoms with Crippen LogP contribution in [0.25, 0.3) is 0 Å². The topological polar surface area (TPSA) is 66.4 Å². The molecule has 4 heteroatoms. The predicted octanol–water partition coefficient (Wildman–Crippen LogP) is 2.89. The quantitative estimate of drug-likeness (QED) is 0.811. The number of aliphatic carboxylic acids is 1. The van der Waals surface area contributed by atoms with Gasteiger partial charge in [-0.2, -0.15) is 0 Å². The van der Waals surface area contributed by atoms with Crippen LogP contribution in [0, 0.1) is 12.8 Å². The van der Waals surface area contributed by atoms with Crippen molar-refractivity contribution in [3.05, 3.63) is 35.4 Å². The van der Waals surface area contributed by atoms with E-state index in [2.05, 4.69) is 5.32 Å². The summed E-state index contributed by atoms with van der Waals surface area (Å²) < 4.78 is 0. The standard InChI is InChI=1S/C17H25NO3/c1-5-6-13(15(19)20)11-18-16(21)17(3,4)14-9-7-12(2)8-10-14/h7-10,13H,5-6,11H2,1-4H3,(H,18,21)(H,19,20). The lowest BCUT2D eigenvalue weighted by Gasteiger charge is -2.25. The smallest absolute Gasteiger partial charge is 0.308 e. The van der Waals surface area contributed by atoms with Crippen LogP contribution in [0.5, 0.6) is 0 Å². The Hall–Kier alpha value is -1.84. The van der Waals surface area contributed by atoms with Gasteiger partial charge in [-0.05, 0) is 32.8 Å². The second-order valence-corrected chi connectivity index (χ2v) is 6.02. The molecule has 1 atom stereocenters. The molecule has 4 nitrogen and oxygen atoms in total. The maximum absolute atomic E-state index is 12.4. The van der Waals surface area contributed by atoms with Gasteiger partial charge in [0.15, 0.2) is 0 Å². The first-order valence-corrected chi connectivity index (χ1v) is 7.37. The molecule has 1 aromatic carbocycles. The Morgan fingerprint density at radius 2 is 1.81 bits per heavy atom. The van der Waals surface area contributed by atoms with Crippen LogP contribution in [0.3, 0.4) is 0 Å². The average molecular weight is 291 g/mol. The Morgan fingerprint density at radius 1 is 1.24 bits per heavy atom. The van der Waals surface area contributed by atoms with Crippen molar-refractivity contribution >= 4 is 11.9 Å². The molecule has 1 amide bonds. The monoisotopic (exact) mass is 291 g/mol. The van der Waals surface area contributed by atoms with E-state index in [1.165, 1.54) is 0 Å². The van der Waals surface area contributed by atoms with E-state index in [0.29, 0.717) is 6.42 Å². The number of aryl methyl sites for hydroxylation is 1. The fourth-order valence-corrected chi connectivity index (χ4v) is 2.20. The maximum Gasteiger partial charge on any atom is 0.308 e. The highest BCUT2D eigenvalue weighted by Crippen LogP contribution is 2.23. The Balaban J connectivity index is 2.73. The summed E-state index contributed by atoms with van der Waals surface area (Å²) in [7, 11) is 0. The molecule has 0 fully saturated rings. The third-order valence-corrected chi connectivity index (χ3v) is 3.84. The predicted molar refractivity (Wildman–Crippen MR) is 83.2 cm³/mol. The SMILES string of the molecule is CCCC(CNC(=O)C(C)(C)c1ccc(C)cc1)C(=O)O. The normalized spacial score (nSPS) is 12.8. The Bertz CT molecular complexity index is 491. The number of rotatable bonds is 7. The van der Waals surface area contributed by atoms with E-state index < -0.39 is 17.3 Å². The van der Waals surface area contributed by atoms with Crippen molar-refractivity contribution in [3.63, 3.8) is 0 Å².